The van der Waals surface area contributed by atoms with E-state index in [9.17, 15) is 14.9 Å². The van der Waals surface area contributed by atoms with Crippen molar-refractivity contribution in [3.63, 3.8) is 0 Å². The molecule has 0 saturated heterocycles. The normalized spacial score (nSPS) is 10.6. The van der Waals surface area contributed by atoms with E-state index in [2.05, 4.69) is 20.8 Å². The predicted octanol–water partition coefficient (Wildman–Crippen LogP) is 2.92. The Bertz CT molecular complexity index is 966. The van der Waals surface area contributed by atoms with Crippen molar-refractivity contribution in [3.8, 4) is 5.69 Å². The lowest BCUT2D eigenvalue weighted by molar-refractivity contribution is -0.384. The van der Waals surface area contributed by atoms with E-state index in [0.717, 1.165) is 16.8 Å². The first-order chi connectivity index (χ1) is 13.0. The summed E-state index contributed by atoms with van der Waals surface area (Å²) in [7, 11) is 0. The molecule has 2 aromatic carbocycles. The van der Waals surface area contributed by atoms with Crippen LogP contribution in [-0.2, 0) is 4.79 Å². The number of nitrogens with one attached hydrogen (secondary N) is 1. The average molecular weight is 384 g/mol. The molecule has 0 aliphatic rings. The van der Waals surface area contributed by atoms with Gasteiger partial charge in [-0.1, -0.05) is 30.0 Å². The number of thioether (sulfide) groups is 1. The number of tetrazole rings is 1. The van der Waals surface area contributed by atoms with Crippen LogP contribution >= 0.6 is 11.8 Å². The zero-order valence-electron chi connectivity index (χ0n) is 14.6. The zero-order chi connectivity index (χ0) is 19.4. The second-order valence-electron chi connectivity index (χ2n) is 5.75. The number of benzene rings is 2. The first kappa shape index (κ1) is 18.5. The van der Waals surface area contributed by atoms with Gasteiger partial charge < -0.3 is 5.32 Å². The van der Waals surface area contributed by atoms with Gasteiger partial charge in [0, 0.05) is 17.8 Å². The highest BCUT2D eigenvalue weighted by atomic mass is 32.2. The van der Waals surface area contributed by atoms with Crippen molar-refractivity contribution in [1.29, 1.82) is 0 Å². The van der Waals surface area contributed by atoms with Crippen LogP contribution in [0.15, 0.2) is 47.6 Å². The van der Waals surface area contributed by atoms with Crippen LogP contribution in [0.3, 0.4) is 0 Å². The molecule has 1 aromatic heterocycles. The molecule has 3 rings (SSSR count). The number of hydrogen-bond acceptors (Lipinski definition) is 7. The Hall–Kier alpha value is -3.27. The van der Waals surface area contributed by atoms with Gasteiger partial charge in [-0.2, -0.15) is 4.68 Å². The lowest BCUT2D eigenvalue weighted by atomic mass is 10.1. The quantitative estimate of drug-likeness (QED) is 0.394. The van der Waals surface area contributed by atoms with E-state index in [-0.39, 0.29) is 17.3 Å². The van der Waals surface area contributed by atoms with Crippen LogP contribution in [-0.4, -0.2) is 36.8 Å². The van der Waals surface area contributed by atoms with Gasteiger partial charge in [0.15, 0.2) is 0 Å². The number of carbonyl (C=O) groups excluding carboxylic acids is 1. The fraction of sp³-hybridized carbons (Fsp3) is 0.176. The number of anilines is 1. The zero-order valence-corrected chi connectivity index (χ0v) is 15.4. The van der Waals surface area contributed by atoms with Crippen molar-refractivity contribution in [1.82, 2.24) is 20.2 Å². The average Bonchev–Trinajstić information content (AvgIpc) is 3.08. The molecule has 0 atom stereocenters. The summed E-state index contributed by atoms with van der Waals surface area (Å²) in [4.78, 5) is 22.3. The molecule has 0 aliphatic heterocycles. The molecule has 0 spiro atoms. The first-order valence-corrected chi connectivity index (χ1v) is 8.96. The van der Waals surface area contributed by atoms with Crippen molar-refractivity contribution in [2.24, 2.45) is 0 Å². The Morgan fingerprint density at radius 3 is 2.48 bits per heavy atom. The maximum atomic E-state index is 12.2. The van der Waals surface area contributed by atoms with Crippen molar-refractivity contribution in [2.75, 3.05) is 11.1 Å². The first-order valence-electron chi connectivity index (χ1n) is 7.98. The third kappa shape index (κ3) is 4.29. The van der Waals surface area contributed by atoms with E-state index in [1.165, 1.54) is 36.0 Å². The lowest BCUT2D eigenvalue weighted by Crippen LogP contribution is -2.14. The SMILES string of the molecule is Cc1cccc(C)c1-n1nnnc1SCC(=O)Nc1ccc([N+](=O)[O-])cc1. The van der Waals surface area contributed by atoms with E-state index >= 15 is 0 Å². The van der Waals surface area contributed by atoms with E-state index in [4.69, 9.17) is 0 Å². The highest BCUT2D eigenvalue weighted by Gasteiger charge is 2.15. The molecule has 0 saturated carbocycles. The number of rotatable bonds is 6. The molecule has 0 radical (unpaired) electrons. The predicted molar refractivity (Wildman–Crippen MR) is 101 cm³/mol. The maximum Gasteiger partial charge on any atom is 0.269 e. The van der Waals surface area contributed by atoms with Crippen LogP contribution in [0.5, 0.6) is 0 Å². The molecule has 138 valence electrons. The van der Waals surface area contributed by atoms with Gasteiger partial charge in [0.2, 0.25) is 11.1 Å². The Kier molecular flexibility index (Phi) is 5.46. The molecule has 1 amide bonds. The molecule has 0 aliphatic carbocycles. The summed E-state index contributed by atoms with van der Waals surface area (Å²) in [6.45, 7) is 3.94. The minimum absolute atomic E-state index is 0.0323. The van der Waals surface area contributed by atoms with Crippen LogP contribution < -0.4 is 5.32 Å². The summed E-state index contributed by atoms with van der Waals surface area (Å²) in [6.07, 6.45) is 0. The van der Waals surface area contributed by atoms with Gasteiger partial charge in [-0.25, -0.2) is 0 Å². The number of aromatic nitrogens is 4. The van der Waals surface area contributed by atoms with Crippen molar-refractivity contribution in [3.05, 3.63) is 63.7 Å². The molecule has 3 aromatic rings. The fourth-order valence-electron chi connectivity index (χ4n) is 2.54. The summed E-state index contributed by atoms with van der Waals surface area (Å²) < 4.78 is 1.62. The fourth-order valence-corrected chi connectivity index (χ4v) is 3.22. The van der Waals surface area contributed by atoms with Gasteiger partial charge in [0.1, 0.15) is 0 Å². The Labute approximate surface area is 158 Å². The molecule has 0 fully saturated rings. The molecule has 0 unspecified atom stereocenters. The maximum absolute atomic E-state index is 12.2. The summed E-state index contributed by atoms with van der Waals surface area (Å²) in [6, 6.07) is 11.6. The van der Waals surface area contributed by atoms with Crippen molar-refractivity contribution in [2.45, 2.75) is 19.0 Å². The Morgan fingerprint density at radius 1 is 1.19 bits per heavy atom. The Balaban J connectivity index is 1.67. The minimum atomic E-state index is -0.491. The molecule has 1 heterocycles. The molecular weight excluding hydrogens is 368 g/mol. The summed E-state index contributed by atoms with van der Waals surface area (Å²) >= 11 is 1.21. The van der Waals surface area contributed by atoms with E-state index in [0.29, 0.717) is 10.8 Å². The second-order valence-corrected chi connectivity index (χ2v) is 6.70. The van der Waals surface area contributed by atoms with Crippen LogP contribution in [0.4, 0.5) is 11.4 Å². The number of hydrogen-bond donors (Lipinski definition) is 1. The third-order valence-corrected chi connectivity index (χ3v) is 4.71. The summed E-state index contributed by atoms with van der Waals surface area (Å²) in [5, 5.41) is 25.6. The number of aryl methyl sites for hydroxylation is 2. The Morgan fingerprint density at radius 2 is 1.85 bits per heavy atom. The summed E-state index contributed by atoms with van der Waals surface area (Å²) in [5.41, 5.74) is 3.40. The van der Waals surface area contributed by atoms with Crippen LogP contribution in [0.2, 0.25) is 0 Å². The molecule has 9 nitrogen and oxygen atoms in total. The molecule has 10 heteroatoms. The number of non-ortho nitro benzene ring substituents is 1. The van der Waals surface area contributed by atoms with Gasteiger partial charge in [-0.3, -0.25) is 14.9 Å². The smallest absolute Gasteiger partial charge is 0.269 e. The standard InChI is InChI=1S/C17H16N6O3S/c1-11-4-3-5-12(2)16(11)22-17(19-20-21-22)27-10-15(24)18-13-6-8-14(9-7-13)23(25)26/h3-9H,10H2,1-2H3,(H,18,24). The van der Waals surface area contributed by atoms with Crippen LogP contribution in [0.25, 0.3) is 5.69 Å². The number of para-hydroxylation sites is 1. The molecule has 27 heavy (non-hydrogen) atoms. The van der Waals surface area contributed by atoms with Crippen LogP contribution in [0, 0.1) is 24.0 Å². The molecule has 0 bridgehead atoms. The highest BCUT2D eigenvalue weighted by molar-refractivity contribution is 7.99. The largest absolute Gasteiger partial charge is 0.325 e. The second kappa shape index (κ2) is 7.96. The van der Waals surface area contributed by atoms with E-state index < -0.39 is 4.92 Å². The number of nitrogens with zero attached hydrogens (tertiary/aromatic N) is 5. The van der Waals surface area contributed by atoms with Gasteiger partial charge >= 0.3 is 0 Å². The third-order valence-electron chi connectivity index (χ3n) is 3.79. The number of nitro benzene ring substituents is 1. The molecular formula is C17H16N6O3S. The van der Waals surface area contributed by atoms with Gasteiger partial charge in [0.05, 0.1) is 16.4 Å². The lowest BCUT2D eigenvalue weighted by Gasteiger charge is -2.10. The number of carbonyl (C=O) groups is 1. The minimum Gasteiger partial charge on any atom is -0.325 e. The van der Waals surface area contributed by atoms with Gasteiger partial charge in [-0.15, -0.1) is 5.10 Å². The monoisotopic (exact) mass is 384 g/mol. The number of amides is 1. The topological polar surface area (TPSA) is 116 Å². The number of nitro groups is 1. The summed E-state index contributed by atoms with van der Waals surface area (Å²) in [5.74, 6) is -0.160. The molecule has 1 N–H and O–H groups in total. The van der Waals surface area contributed by atoms with Gasteiger partial charge in [-0.05, 0) is 47.5 Å². The van der Waals surface area contributed by atoms with Crippen LogP contribution in [0.1, 0.15) is 11.1 Å². The van der Waals surface area contributed by atoms with Gasteiger partial charge in [0.25, 0.3) is 5.69 Å². The van der Waals surface area contributed by atoms with Crippen molar-refractivity contribution < 1.29 is 9.72 Å². The van der Waals surface area contributed by atoms with E-state index in [1.807, 2.05) is 32.0 Å². The highest BCUT2D eigenvalue weighted by Crippen LogP contribution is 2.23. The van der Waals surface area contributed by atoms with E-state index in [1.54, 1.807) is 4.68 Å². The van der Waals surface area contributed by atoms with Crippen molar-refractivity contribution >= 4 is 29.0 Å².